The number of carboxylic acids is 1. The molecule has 1 atom stereocenters. The van der Waals surface area contributed by atoms with E-state index in [9.17, 15) is 19.5 Å². The number of carbonyl (C=O) groups is 3. The first-order chi connectivity index (χ1) is 19.9. The lowest BCUT2D eigenvalue weighted by Crippen LogP contribution is -2.39. The summed E-state index contributed by atoms with van der Waals surface area (Å²) in [5.74, 6) is -0.448. The number of hydrogen-bond acceptors (Lipinski definition) is 6. The molecule has 1 aliphatic heterocycles. The van der Waals surface area contributed by atoms with Gasteiger partial charge in [-0.15, -0.1) is 11.3 Å². The topological polar surface area (TPSA) is 104 Å². The third kappa shape index (κ3) is 6.16. The summed E-state index contributed by atoms with van der Waals surface area (Å²) >= 11 is 7.83. The van der Waals surface area contributed by atoms with E-state index in [-0.39, 0.29) is 24.3 Å². The molecule has 0 spiro atoms. The number of nitrogens with zero attached hydrogens (tertiary/aromatic N) is 4. The fourth-order valence-electron chi connectivity index (χ4n) is 6.16. The molecule has 3 heterocycles. The number of benzene rings is 1. The summed E-state index contributed by atoms with van der Waals surface area (Å²) in [5.41, 5.74) is 3.29. The zero-order valence-electron chi connectivity index (χ0n) is 22.8. The molecule has 10 heteroatoms. The van der Waals surface area contributed by atoms with Crippen molar-refractivity contribution < 1.29 is 19.5 Å². The zero-order valence-corrected chi connectivity index (χ0v) is 24.4. The number of carbonyl (C=O) groups excluding carboxylic acids is 2. The molecule has 214 valence electrons. The van der Waals surface area contributed by atoms with Gasteiger partial charge in [-0.2, -0.15) is 0 Å². The van der Waals surface area contributed by atoms with Crippen LogP contribution in [0.1, 0.15) is 64.2 Å². The molecule has 2 aliphatic carbocycles. The lowest BCUT2D eigenvalue weighted by atomic mass is 9.90. The first-order valence-corrected chi connectivity index (χ1v) is 15.7. The van der Waals surface area contributed by atoms with Gasteiger partial charge >= 0.3 is 5.97 Å². The largest absolute Gasteiger partial charge is 0.481 e. The fraction of sp³-hybridized carbons (Fsp3) is 0.452. The van der Waals surface area contributed by atoms with Gasteiger partial charge in [0.25, 0.3) is 0 Å². The highest BCUT2D eigenvalue weighted by Gasteiger charge is 2.40. The van der Waals surface area contributed by atoms with Crippen LogP contribution in [0.5, 0.6) is 0 Å². The number of pyridine rings is 1. The minimum atomic E-state index is -0.936. The molecule has 2 saturated carbocycles. The number of amides is 2. The summed E-state index contributed by atoms with van der Waals surface area (Å²) in [6.45, 7) is 0.684. The lowest BCUT2D eigenvalue weighted by Gasteiger charge is -2.26. The van der Waals surface area contributed by atoms with Gasteiger partial charge in [-0.05, 0) is 61.4 Å². The Bertz CT molecular complexity index is 1450. The lowest BCUT2D eigenvalue weighted by molar-refractivity contribution is -0.141. The Labute approximate surface area is 248 Å². The number of halogens is 1. The van der Waals surface area contributed by atoms with E-state index in [2.05, 4.69) is 4.98 Å². The molecule has 2 amide bonds. The molecule has 0 bridgehead atoms. The van der Waals surface area contributed by atoms with Crippen molar-refractivity contribution in [2.75, 3.05) is 16.3 Å². The predicted octanol–water partition coefficient (Wildman–Crippen LogP) is 6.82. The van der Waals surface area contributed by atoms with Crippen LogP contribution < -0.4 is 9.80 Å². The number of rotatable bonds is 10. The SMILES string of the molecule is O=C(O)C[C@@H](CC1CCCC1)C(=O)N(c1nc(-c2cc(Cl)ccc2-c2ccc(N3CCCC3=O)nc2)cs1)C1CC1. The van der Waals surface area contributed by atoms with Crippen LogP contribution in [-0.4, -0.2) is 45.4 Å². The Balaban J connectivity index is 1.28. The van der Waals surface area contributed by atoms with Crippen molar-refractivity contribution in [2.24, 2.45) is 11.8 Å². The second-order valence-electron chi connectivity index (χ2n) is 11.4. The molecule has 0 unspecified atom stereocenters. The third-order valence-corrected chi connectivity index (χ3v) is 9.45. The maximum Gasteiger partial charge on any atom is 0.304 e. The van der Waals surface area contributed by atoms with Crippen LogP contribution in [0.3, 0.4) is 0 Å². The Morgan fingerprint density at radius 2 is 1.90 bits per heavy atom. The fourth-order valence-corrected chi connectivity index (χ4v) is 7.24. The molecule has 2 aromatic heterocycles. The second kappa shape index (κ2) is 11.9. The van der Waals surface area contributed by atoms with E-state index < -0.39 is 11.9 Å². The van der Waals surface area contributed by atoms with Crippen LogP contribution >= 0.6 is 22.9 Å². The maximum atomic E-state index is 13.9. The van der Waals surface area contributed by atoms with Crippen molar-refractivity contribution >= 4 is 51.7 Å². The maximum absolute atomic E-state index is 13.9. The van der Waals surface area contributed by atoms with E-state index in [1.807, 2.05) is 35.7 Å². The second-order valence-corrected chi connectivity index (χ2v) is 12.7. The molecule has 3 fully saturated rings. The van der Waals surface area contributed by atoms with Gasteiger partial charge in [0.15, 0.2) is 5.13 Å². The molecule has 6 rings (SSSR count). The van der Waals surface area contributed by atoms with E-state index in [1.165, 1.54) is 11.3 Å². The summed E-state index contributed by atoms with van der Waals surface area (Å²) in [6, 6.07) is 9.50. The minimum absolute atomic E-state index is 0.0604. The number of thiazole rings is 1. The molecule has 3 aliphatic rings. The van der Waals surface area contributed by atoms with Crippen LogP contribution in [0.4, 0.5) is 10.9 Å². The summed E-state index contributed by atoms with van der Waals surface area (Å²) in [7, 11) is 0. The van der Waals surface area contributed by atoms with Gasteiger partial charge in [0.05, 0.1) is 12.1 Å². The Hall–Kier alpha value is -3.30. The van der Waals surface area contributed by atoms with Crippen molar-refractivity contribution in [1.82, 2.24) is 9.97 Å². The van der Waals surface area contributed by atoms with Crippen molar-refractivity contribution in [1.29, 1.82) is 0 Å². The van der Waals surface area contributed by atoms with Crippen molar-refractivity contribution in [3.63, 3.8) is 0 Å². The summed E-state index contributed by atoms with van der Waals surface area (Å²) < 4.78 is 0. The van der Waals surface area contributed by atoms with E-state index in [1.54, 1.807) is 16.0 Å². The van der Waals surface area contributed by atoms with E-state index >= 15 is 0 Å². The van der Waals surface area contributed by atoms with Crippen LogP contribution in [0.25, 0.3) is 22.4 Å². The smallest absolute Gasteiger partial charge is 0.304 e. The predicted molar refractivity (Wildman–Crippen MR) is 160 cm³/mol. The van der Waals surface area contributed by atoms with Crippen LogP contribution in [-0.2, 0) is 14.4 Å². The quantitative estimate of drug-likeness (QED) is 0.277. The minimum Gasteiger partial charge on any atom is -0.481 e. The zero-order chi connectivity index (χ0) is 28.5. The highest BCUT2D eigenvalue weighted by atomic mass is 35.5. The average Bonchev–Trinajstić information content (AvgIpc) is 3.30. The molecule has 41 heavy (non-hydrogen) atoms. The van der Waals surface area contributed by atoms with Gasteiger partial charge in [-0.1, -0.05) is 43.4 Å². The van der Waals surface area contributed by atoms with Gasteiger partial charge < -0.3 is 5.11 Å². The van der Waals surface area contributed by atoms with Gasteiger partial charge in [-0.3, -0.25) is 24.2 Å². The molecule has 0 radical (unpaired) electrons. The van der Waals surface area contributed by atoms with Crippen LogP contribution in [0.2, 0.25) is 5.02 Å². The molecule has 3 aromatic rings. The van der Waals surface area contributed by atoms with Crippen LogP contribution in [0, 0.1) is 11.8 Å². The average molecular weight is 593 g/mol. The van der Waals surface area contributed by atoms with Gasteiger partial charge in [0.2, 0.25) is 11.8 Å². The third-order valence-electron chi connectivity index (χ3n) is 8.38. The van der Waals surface area contributed by atoms with E-state index in [4.69, 9.17) is 16.6 Å². The molecule has 1 N–H and O–H groups in total. The molecular weight excluding hydrogens is 560 g/mol. The van der Waals surface area contributed by atoms with Crippen molar-refractivity contribution in [3.8, 4) is 22.4 Å². The Kier molecular flexibility index (Phi) is 8.08. The number of carboxylic acid groups (broad SMARTS) is 1. The molecule has 1 saturated heterocycles. The highest BCUT2D eigenvalue weighted by molar-refractivity contribution is 7.14. The standard InChI is InChI=1S/C31H33ClN4O4S/c32-22-8-11-24(20-7-12-27(33-17-20)35-13-3-6-28(35)37)25(16-22)26-18-41-31(34-26)36(23-9-10-23)30(40)21(15-29(38)39)14-19-4-1-2-5-19/h7-8,11-12,16-19,21,23H,1-6,9-10,13-15H2,(H,38,39)/t21-/m1/s1. The number of aliphatic carboxylic acids is 1. The Morgan fingerprint density at radius 1 is 1.10 bits per heavy atom. The first-order valence-electron chi connectivity index (χ1n) is 14.4. The van der Waals surface area contributed by atoms with Gasteiger partial charge in [0, 0.05) is 52.7 Å². The molecule has 1 aromatic carbocycles. The van der Waals surface area contributed by atoms with E-state index in [0.717, 1.165) is 61.6 Å². The van der Waals surface area contributed by atoms with E-state index in [0.29, 0.717) is 47.0 Å². The summed E-state index contributed by atoms with van der Waals surface area (Å²) in [5, 5.41) is 12.7. The molecule has 8 nitrogen and oxygen atoms in total. The summed E-state index contributed by atoms with van der Waals surface area (Å²) in [6.07, 6.45) is 9.84. The molecular formula is C31H33ClN4O4S. The van der Waals surface area contributed by atoms with Gasteiger partial charge in [-0.25, -0.2) is 9.97 Å². The highest BCUT2D eigenvalue weighted by Crippen LogP contribution is 2.41. The monoisotopic (exact) mass is 592 g/mol. The van der Waals surface area contributed by atoms with Crippen molar-refractivity contribution in [2.45, 2.75) is 70.3 Å². The van der Waals surface area contributed by atoms with Crippen molar-refractivity contribution in [3.05, 3.63) is 46.9 Å². The van der Waals surface area contributed by atoms with Gasteiger partial charge in [0.1, 0.15) is 5.82 Å². The first kappa shape index (κ1) is 27.8. The number of hydrogen-bond donors (Lipinski definition) is 1. The number of aromatic nitrogens is 2. The summed E-state index contributed by atoms with van der Waals surface area (Å²) in [4.78, 5) is 50.7. The normalized spacial score (nSPS) is 18.2. The van der Waals surface area contributed by atoms with Crippen LogP contribution in [0.15, 0.2) is 41.9 Å². The number of anilines is 2. The Morgan fingerprint density at radius 3 is 2.56 bits per heavy atom.